The average Bonchev–Trinajstić information content (AvgIpc) is 3.31. The fourth-order valence-electron chi connectivity index (χ4n) is 1.13. The third-order valence-corrected chi connectivity index (χ3v) is 2.99. The zero-order valence-corrected chi connectivity index (χ0v) is 24.3. The molecule has 198 valence electrons. The SMILES string of the molecule is C#C.C/C=C(/N)N=C(C)C.C=C.C=C.C=C(C(C)=O)c1csc(N)n1.CC.CC.CCCOC. The Bertz CT molecular complexity index is 626. The molecule has 0 atom stereocenters. The van der Waals surface area contributed by atoms with Gasteiger partial charge < -0.3 is 16.2 Å². The van der Waals surface area contributed by atoms with Crippen molar-refractivity contribution in [3.8, 4) is 12.8 Å². The summed E-state index contributed by atoms with van der Waals surface area (Å²) < 4.78 is 4.69. The number of carbonyl (C=O) groups is 1. The quantitative estimate of drug-likeness (QED) is 0.189. The van der Waals surface area contributed by atoms with Gasteiger partial charge in [0.25, 0.3) is 0 Å². The highest BCUT2D eigenvalue weighted by Crippen LogP contribution is 2.17. The number of nitrogens with zero attached hydrogens (tertiary/aromatic N) is 2. The summed E-state index contributed by atoms with van der Waals surface area (Å²) >= 11 is 1.30. The third-order valence-electron chi connectivity index (χ3n) is 2.31. The van der Waals surface area contributed by atoms with Crippen molar-refractivity contribution in [2.45, 2.75) is 68.7 Å². The molecule has 0 aliphatic carbocycles. The highest BCUT2D eigenvalue weighted by atomic mass is 32.1. The van der Waals surface area contributed by atoms with Gasteiger partial charge >= 0.3 is 0 Å². The summed E-state index contributed by atoms with van der Waals surface area (Å²) in [5.41, 5.74) is 12.7. The van der Waals surface area contributed by atoms with Crippen molar-refractivity contribution < 1.29 is 9.53 Å². The van der Waals surface area contributed by atoms with Gasteiger partial charge in [-0.2, -0.15) is 0 Å². The normalized spacial score (nSPS) is 7.59. The van der Waals surface area contributed by atoms with Crippen LogP contribution >= 0.6 is 11.3 Å². The van der Waals surface area contributed by atoms with Crippen LogP contribution in [0.2, 0.25) is 0 Å². The van der Waals surface area contributed by atoms with Crippen LogP contribution in [0.25, 0.3) is 5.57 Å². The Morgan fingerprint density at radius 3 is 1.71 bits per heavy atom. The van der Waals surface area contributed by atoms with Crippen molar-refractivity contribution in [3.63, 3.8) is 0 Å². The monoisotopic (exact) mass is 496 g/mol. The minimum atomic E-state index is -0.0738. The zero-order valence-electron chi connectivity index (χ0n) is 23.5. The Morgan fingerprint density at radius 1 is 1.15 bits per heavy atom. The van der Waals surface area contributed by atoms with Gasteiger partial charge in [-0.1, -0.05) is 41.2 Å². The molecular weight excluding hydrogens is 444 g/mol. The first kappa shape index (κ1) is 48.5. The smallest absolute Gasteiger partial charge is 0.180 e. The molecule has 0 aliphatic rings. The van der Waals surface area contributed by atoms with Crippen LogP contribution < -0.4 is 11.5 Å². The van der Waals surface area contributed by atoms with Crippen LogP contribution in [-0.4, -0.2) is 30.2 Å². The van der Waals surface area contributed by atoms with E-state index >= 15 is 0 Å². The molecule has 0 fully saturated rings. The van der Waals surface area contributed by atoms with Gasteiger partial charge in [0.05, 0.1) is 5.69 Å². The van der Waals surface area contributed by atoms with Crippen LogP contribution in [-0.2, 0) is 9.53 Å². The van der Waals surface area contributed by atoms with Gasteiger partial charge in [-0.05, 0) is 40.2 Å². The molecule has 1 heterocycles. The van der Waals surface area contributed by atoms with Gasteiger partial charge in [-0.3, -0.25) is 4.79 Å². The predicted octanol–water partition coefficient (Wildman–Crippen LogP) is 7.56. The molecule has 0 saturated carbocycles. The number of Topliss-reactive ketones (excluding diaryl/α,β-unsaturated/α-hetero) is 1. The van der Waals surface area contributed by atoms with Crippen LogP contribution in [0.1, 0.15) is 74.4 Å². The Kier molecular flexibility index (Phi) is 68.1. The lowest BCUT2D eigenvalue weighted by atomic mass is 10.2. The minimum Gasteiger partial charge on any atom is -0.385 e. The molecule has 7 heteroatoms. The molecular formula is C27H52N4O2S. The van der Waals surface area contributed by atoms with Gasteiger partial charge in [-0.15, -0.1) is 50.5 Å². The summed E-state index contributed by atoms with van der Waals surface area (Å²) in [5.74, 6) is 0.514. The average molecular weight is 497 g/mol. The van der Waals surface area contributed by atoms with Gasteiger partial charge in [0.2, 0.25) is 0 Å². The van der Waals surface area contributed by atoms with Crippen molar-refractivity contribution in [2.24, 2.45) is 10.7 Å². The molecule has 6 nitrogen and oxygen atoms in total. The largest absolute Gasteiger partial charge is 0.385 e. The molecule has 0 aromatic carbocycles. The van der Waals surface area contributed by atoms with Crippen molar-refractivity contribution in [1.82, 2.24) is 4.98 Å². The first-order chi connectivity index (χ1) is 16.2. The number of ether oxygens (including phenoxy) is 1. The van der Waals surface area contributed by atoms with Gasteiger partial charge in [-0.25, -0.2) is 9.98 Å². The first-order valence-corrected chi connectivity index (χ1v) is 11.7. The molecule has 0 radical (unpaired) electrons. The minimum absolute atomic E-state index is 0.0738. The van der Waals surface area contributed by atoms with Crippen molar-refractivity contribution >= 4 is 33.5 Å². The number of carbonyl (C=O) groups excluding carboxylic acids is 1. The Labute approximate surface area is 215 Å². The molecule has 34 heavy (non-hydrogen) atoms. The second-order valence-corrected chi connectivity index (χ2v) is 5.76. The predicted molar refractivity (Wildman–Crippen MR) is 160 cm³/mol. The molecule has 0 unspecified atom stereocenters. The number of methoxy groups -OCH3 is 1. The van der Waals surface area contributed by atoms with Crippen LogP contribution in [0.3, 0.4) is 0 Å². The lowest BCUT2D eigenvalue weighted by Gasteiger charge is -1.92. The Balaban J connectivity index is -0.0000000563. The summed E-state index contributed by atoms with van der Waals surface area (Å²) in [4.78, 5) is 18.6. The van der Waals surface area contributed by atoms with Crippen molar-refractivity contribution in [2.75, 3.05) is 19.5 Å². The topological polar surface area (TPSA) is 104 Å². The number of terminal acetylenes is 1. The summed E-state index contributed by atoms with van der Waals surface area (Å²) in [6.07, 6.45) is 10.9. The van der Waals surface area contributed by atoms with Gasteiger partial charge in [0.15, 0.2) is 10.9 Å². The number of aromatic nitrogens is 1. The maximum atomic E-state index is 10.8. The lowest BCUT2D eigenvalue weighted by molar-refractivity contribution is -0.111. The summed E-state index contributed by atoms with van der Waals surface area (Å²) in [6.45, 7) is 33.7. The lowest BCUT2D eigenvalue weighted by Crippen LogP contribution is -1.94. The van der Waals surface area contributed by atoms with E-state index in [1.54, 1.807) is 18.6 Å². The number of nitrogens with two attached hydrogens (primary N) is 2. The number of aliphatic imine (C=N–C) groups is 1. The number of hydrogen-bond acceptors (Lipinski definition) is 7. The summed E-state index contributed by atoms with van der Waals surface area (Å²) in [7, 11) is 1.71. The molecule has 1 aromatic rings. The van der Waals surface area contributed by atoms with Crippen LogP contribution in [0.4, 0.5) is 5.13 Å². The zero-order chi connectivity index (χ0) is 29.1. The van der Waals surface area contributed by atoms with E-state index < -0.39 is 0 Å². The second kappa shape index (κ2) is 47.7. The summed E-state index contributed by atoms with van der Waals surface area (Å²) in [5, 5.41) is 2.18. The third kappa shape index (κ3) is 47.0. The van der Waals surface area contributed by atoms with Crippen LogP contribution in [0.15, 0.2) is 55.2 Å². The van der Waals surface area contributed by atoms with Crippen LogP contribution in [0, 0.1) is 12.8 Å². The number of anilines is 1. The van der Waals surface area contributed by atoms with E-state index in [1.807, 2.05) is 48.5 Å². The number of allylic oxidation sites excluding steroid dienone is 2. The highest BCUT2D eigenvalue weighted by Gasteiger charge is 2.06. The highest BCUT2D eigenvalue weighted by molar-refractivity contribution is 7.13. The van der Waals surface area contributed by atoms with Crippen LogP contribution in [0.5, 0.6) is 0 Å². The molecule has 0 saturated heterocycles. The number of hydrogen-bond donors (Lipinski definition) is 2. The van der Waals surface area contributed by atoms with Gasteiger partial charge in [0.1, 0.15) is 5.82 Å². The molecule has 0 amide bonds. The Morgan fingerprint density at radius 2 is 1.56 bits per heavy atom. The van der Waals surface area contributed by atoms with Gasteiger partial charge in [0, 0.05) is 30.4 Å². The molecule has 4 N–H and O–H groups in total. The second-order valence-electron chi connectivity index (χ2n) is 4.87. The number of nitrogen functional groups attached to an aromatic ring is 1. The number of rotatable bonds is 5. The Hall–Kier alpha value is -2.95. The number of thiazole rings is 1. The van der Waals surface area contributed by atoms with E-state index in [9.17, 15) is 4.79 Å². The van der Waals surface area contributed by atoms with E-state index in [-0.39, 0.29) is 5.78 Å². The fraction of sp³-hybridized carbons (Fsp3) is 0.444. The van der Waals surface area contributed by atoms with E-state index in [4.69, 9.17) is 16.2 Å². The fourth-order valence-corrected chi connectivity index (χ4v) is 1.71. The molecule has 1 aromatic heterocycles. The maximum absolute atomic E-state index is 10.8. The standard InChI is InChI=1S/C7H8N2OS.C6H12N2.C4H10O.2C2H6.2C2H4.C2H2/c1-4(5(2)10)6-3-11-7(8)9-6;1-4-6(7)8-5(2)3;1-3-4-5-2;5*1-2/h3H,1H2,2H3,(H2,8,9);4H,7H2,1-3H3;3-4H2,1-2H3;2*1-2H3;2*1-2H2;1-2H/b;6-4-;;;;;;. The first-order valence-electron chi connectivity index (χ1n) is 10.9. The van der Waals surface area contributed by atoms with E-state index in [0.29, 0.717) is 22.2 Å². The van der Waals surface area contributed by atoms with E-state index in [1.165, 1.54) is 18.3 Å². The van der Waals surface area contributed by atoms with E-state index in [0.717, 1.165) is 18.7 Å². The van der Waals surface area contributed by atoms with E-state index in [2.05, 4.69) is 62.6 Å². The molecule has 0 aliphatic heterocycles. The van der Waals surface area contributed by atoms with Crippen molar-refractivity contribution in [3.05, 3.63) is 55.9 Å². The molecule has 1 rings (SSSR count). The maximum Gasteiger partial charge on any atom is 0.180 e. The summed E-state index contributed by atoms with van der Waals surface area (Å²) in [6, 6.07) is 0. The van der Waals surface area contributed by atoms with Crippen molar-refractivity contribution in [1.29, 1.82) is 0 Å². The number of ketones is 1. The molecule has 0 bridgehead atoms. The molecule has 0 spiro atoms.